The standard InChI is InChI=1S/C19H16Cl2N2/c1-12-15(11-22)10-18(13-2-6-16(20)7-3-13)19(23-12)14-4-8-17(21)9-5-14/h2-10H,11,22H2,1H3. The van der Waals surface area contributed by atoms with Crippen LogP contribution in [0.15, 0.2) is 54.6 Å². The maximum atomic E-state index is 6.01. The molecule has 2 N–H and O–H groups in total. The fraction of sp³-hybridized carbons (Fsp3) is 0.105. The molecule has 2 nitrogen and oxygen atoms in total. The molecule has 0 bridgehead atoms. The lowest BCUT2D eigenvalue weighted by Gasteiger charge is -2.14. The number of pyridine rings is 1. The van der Waals surface area contributed by atoms with Crippen molar-refractivity contribution in [3.8, 4) is 22.4 Å². The molecule has 0 aliphatic rings. The molecule has 1 heterocycles. The lowest BCUT2D eigenvalue weighted by Crippen LogP contribution is -2.03. The highest BCUT2D eigenvalue weighted by atomic mass is 35.5. The van der Waals surface area contributed by atoms with Crippen LogP contribution in [0.5, 0.6) is 0 Å². The summed E-state index contributed by atoms with van der Waals surface area (Å²) in [6.07, 6.45) is 0. The molecule has 0 radical (unpaired) electrons. The van der Waals surface area contributed by atoms with Crippen molar-refractivity contribution in [2.24, 2.45) is 5.73 Å². The molecule has 1 aromatic heterocycles. The first-order valence-electron chi connectivity index (χ1n) is 7.31. The molecular formula is C19H16Cl2N2. The van der Waals surface area contributed by atoms with Crippen molar-refractivity contribution in [2.75, 3.05) is 0 Å². The normalized spacial score (nSPS) is 10.8. The molecule has 116 valence electrons. The van der Waals surface area contributed by atoms with Crippen LogP contribution in [0.2, 0.25) is 10.0 Å². The maximum absolute atomic E-state index is 6.01. The summed E-state index contributed by atoms with van der Waals surface area (Å²) in [5.41, 5.74) is 11.9. The Morgan fingerprint density at radius 3 is 1.91 bits per heavy atom. The third kappa shape index (κ3) is 3.40. The Kier molecular flexibility index (Phi) is 4.67. The van der Waals surface area contributed by atoms with Gasteiger partial charge in [-0.3, -0.25) is 4.98 Å². The predicted octanol–water partition coefficient (Wildman–Crippen LogP) is 5.49. The van der Waals surface area contributed by atoms with Gasteiger partial charge in [-0.1, -0.05) is 47.5 Å². The van der Waals surface area contributed by atoms with Crippen molar-refractivity contribution >= 4 is 23.2 Å². The molecule has 3 rings (SSSR count). The number of aromatic nitrogens is 1. The lowest BCUT2D eigenvalue weighted by molar-refractivity contribution is 1.01. The van der Waals surface area contributed by atoms with E-state index in [-0.39, 0.29) is 0 Å². The van der Waals surface area contributed by atoms with Gasteiger partial charge < -0.3 is 5.73 Å². The van der Waals surface area contributed by atoms with Gasteiger partial charge in [0.25, 0.3) is 0 Å². The number of aryl methyl sites for hydroxylation is 1. The van der Waals surface area contributed by atoms with E-state index in [1.165, 1.54) is 0 Å². The van der Waals surface area contributed by atoms with Crippen LogP contribution in [0.25, 0.3) is 22.4 Å². The summed E-state index contributed by atoms with van der Waals surface area (Å²) in [4.78, 5) is 4.79. The van der Waals surface area contributed by atoms with Gasteiger partial charge in [0, 0.05) is 33.4 Å². The fourth-order valence-corrected chi connectivity index (χ4v) is 2.78. The van der Waals surface area contributed by atoms with Crippen molar-refractivity contribution in [3.05, 3.63) is 75.9 Å². The van der Waals surface area contributed by atoms with Crippen molar-refractivity contribution in [1.29, 1.82) is 0 Å². The molecule has 0 aliphatic heterocycles. The van der Waals surface area contributed by atoms with Gasteiger partial charge in [0.15, 0.2) is 0 Å². The molecule has 0 amide bonds. The van der Waals surface area contributed by atoms with E-state index < -0.39 is 0 Å². The Morgan fingerprint density at radius 1 is 0.870 bits per heavy atom. The second kappa shape index (κ2) is 6.71. The average Bonchev–Trinajstić information content (AvgIpc) is 2.56. The quantitative estimate of drug-likeness (QED) is 0.683. The Morgan fingerprint density at radius 2 is 1.39 bits per heavy atom. The van der Waals surface area contributed by atoms with Crippen LogP contribution >= 0.6 is 23.2 Å². The minimum atomic E-state index is 0.459. The Labute approximate surface area is 145 Å². The maximum Gasteiger partial charge on any atom is 0.0783 e. The van der Waals surface area contributed by atoms with E-state index in [0.717, 1.165) is 33.6 Å². The van der Waals surface area contributed by atoms with Gasteiger partial charge in [-0.25, -0.2) is 0 Å². The highest BCUT2D eigenvalue weighted by Gasteiger charge is 2.12. The minimum Gasteiger partial charge on any atom is -0.326 e. The molecule has 2 aromatic carbocycles. The van der Waals surface area contributed by atoms with Crippen molar-refractivity contribution < 1.29 is 0 Å². The second-order valence-electron chi connectivity index (χ2n) is 5.35. The third-order valence-corrected chi connectivity index (χ3v) is 4.31. The number of rotatable bonds is 3. The van der Waals surface area contributed by atoms with Crippen LogP contribution in [-0.4, -0.2) is 4.98 Å². The Hall–Kier alpha value is -1.87. The summed E-state index contributed by atoms with van der Waals surface area (Å²) in [6.45, 7) is 2.44. The van der Waals surface area contributed by atoms with Gasteiger partial charge in [0.1, 0.15) is 0 Å². The molecule has 0 saturated carbocycles. The monoisotopic (exact) mass is 342 g/mol. The van der Waals surface area contributed by atoms with Gasteiger partial charge in [-0.2, -0.15) is 0 Å². The minimum absolute atomic E-state index is 0.459. The molecule has 0 aliphatic carbocycles. The first-order valence-corrected chi connectivity index (χ1v) is 8.06. The molecule has 3 aromatic rings. The van der Waals surface area contributed by atoms with Crippen molar-refractivity contribution in [1.82, 2.24) is 4.98 Å². The van der Waals surface area contributed by atoms with Gasteiger partial charge in [-0.15, -0.1) is 0 Å². The number of halogens is 2. The molecule has 4 heteroatoms. The number of nitrogens with two attached hydrogens (primary N) is 1. The van der Waals surface area contributed by atoms with Crippen molar-refractivity contribution in [3.63, 3.8) is 0 Å². The summed E-state index contributed by atoms with van der Waals surface area (Å²) in [6, 6.07) is 17.6. The molecule has 0 atom stereocenters. The Bertz CT molecular complexity index is 825. The summed E-state index contributed by atoms with van der Waals surface area (Å²) >= 11 is 12.0. The van der Waals surface area contributed by atoms with E-state index in [9.17, 15) is 0 Å². The van der Waals surface area contributed by atoms with Crippen LogP contribution in [0.4, 0.5) is 0 Å². The van der Waals surface area contributed by atoms with Crippen LogP contribution in [0.3, 0.4) is 0 Å². The fourth-order valence-electron chi connectivity index (χ4n) is 2.53. The molecule has 0 unspecified atom stereocenters. The van der Waals surface area contributed by atoms with E-state index >= 15 is 0 Å². The average molecular weight is 343 g/mol. The van der Waals surface area contributed by atoms with E-state index in [1.807, 2.05) is 55.5 Å². The van der Waals surface area contributed by atoms with Crippen molar-refractivity contribution in [2.45, 2.75) is 13.5 Å². The zero-order valence-electron chi connectivity index (χ0n) is 12.7. The van der Waals surface area contributed by atoms with E-state index in [1.54, 1.807) is 0 Å². The smallest absolute Gasteiger partial charge is 0.0783 e. The highest BCUT2D eigenvalue weighted by molar-refractivity contribution is 6.31. The van der Waals surface area contributed by atoms with Gasteiger partial charge in [-0.05, 0) is 48.4 Å². The highest BCUT2D eigenvalue weighted by Crippen LogP contribution is 2.33. The number of hydrogen-bond donors (Lipinski definition) is 1. The SMILES string of the molecule is Cc1nc(-c2ccc(Cl)cc2)c(-c2ccc(Cl)cc2)cc1CN. The van der Waals surface area contributed by atoms with E-state index in [0.29, 0.717) is 16.6 Å². The zero-order chi connectivity index (χ0) is 16.4. The molecule has 23 heavy (non-hydrogen) atoms. The molecule has 0 spiro atoms. The summed E-state index contributed by atoms with van der Waals surface area (Å²) in [5, 5.41) is 1.41. The zero-order valence-corrected chi connectivity index (χ0v) is 14.2. The number of nitrogens with zero attached hydrogens (tertiary/aromatic N) is 1. The Balaban J connectivity index is 2.23. The van der Waals surface area contributed by atoms with Gasteiger partial charge >= 0.3 is 0 Å². The van der Waals surface area contributed by atoms with Gasteiger partial charge in [0.05, 0.1) is 5.69 Å². The van der Waals surface area contributed by atoms with Crippen LogP contribution in [-0.2, 0) is 6.54 Å². The molecule has 0 fully saturated rings. The molecular weight excluding hydrogens is 327 g/mol. The first-order chi connectivity index (χ1) is 11.1. The van der Waals surface area contributed by atoms with E-state index in [2.05, 4.69) is 6.07 Å². The third-order valence-electron chi connectivity index (χ3n) is 3.81. The lowest BCUT2D eigenvalue weighted by atomic mass is 9.96. The van der Waals surface area contributed by atoms with Crippen LogP contribution < -0.4 is 5.73 Å². The number of hydrogen-bond acceptors (Lipinski definition) is 2. The number of benzene rings is 2. The first kappa shape index (κ1) is 16.0. The van der Waals surface area contributed by atoms with Crippen LogP contribution in [0.1, 0.15) is 11.3 Å². The van der Waals surface area contributed by atoms with Crippen LogP contribution in [0, 0.1) is 6.92 Å². The predicted molar refractivity (Wildman–Crippen MR) is 97.8 cm³/mol. The molecule has 0 saturated heterocycles. The largest absolute Gasteiger partial charge is 0.326 e. The summed E-state index contributed by atoms with van der Waals surface area (Å²) in [7, 11) is 0. The van der Waals surface area contributed by atoms with E-state index in [4.69, 9.17) is 33.9 Å². The summed E-state index contributed by atoms with van der Waals surface area (Å²) < 4.78 is 0. The van der Waals surface area contributed by atoms with Gasteiger partial charge in [0.2, 0.25) is 0 Å². The second-order valence-corrected chi connectivity index (χ2v) is 6.22. The topological polar surface area (TPSA) is 38.9 Å². The summed E-state index contributed by atoms with van der Waals surface area (Å²) in [5.74, 6) is 0.